The van der Waals surface area contributed by atoms with E-state index in [0.717, 1.165) is 38.2 Å². The smallest absolute Gasteiger partial charge is 0.322 e. The molecule has 3 aliphatic rings. The Balaban J connectivity index is 1.33. The predicted molar refractivity (Wildman–Crippen MR) is 144 cm³/mol. The largest absolute Gasteiger partial charge is 0.497 e. The number of furan rings is 1. The van der Waals surface area contributed by atoms with Gasteiger partial charge in [-0.1, -0.05) is 11.2 Å². The molecular formula is C28H30N6O6. The van der Waals surface area contributed by atoms with Crippen LogP contribution in [0.2, 0.25) is 0 Å². The topological polar surface area (TPSA) is 140 Å². The van der Waals surface area contributed by atoms with Crippen molar-refractivity contribution in [1.29, 1.82) is 0 Å². The summed E-state index contributed by atoms with van der Waals surface area (Å²) in [7, 11) is 3.60. The van der Waals surface area contributed by atoms with Crippen molar-refractivity contribution in [2.24, 2.45) is 5.16 Å². The van der Waals surface area contributed by atoms with Gasteiger partial charge in [0, 0.05) is 42.7 Å². The molecule has 2 aromatic carbocycles. The van der Waals surface area contributed by atoms with E-state index in [1.165, 1.54) is 12.0 Å². The molecule has 6 rings (SSSR count). The first-order chi connectivity index (χ1) is 19.3. The van der Waals surface area contributed by atoms with Crippen LogP contribution in [0.1, 0.15) is 33.7 Å². The van der Waals surface area contributed by atoms with Crippen molar-refractivity contribution in [2.75, 3.05) is 46.9 Å². The summed E-state index contributed by atoms with van der Waals surface area (Å²) in [4.78, 5) is 44.7. The fraction of sp³-hybridized carbons (Fsp3) is 0.357. The number of urea groups is 1. The second kappa shape index (κ2) is 9.87. The van der Waals surface area contributed by atoms with Crippen molar-refractivity contribution >= 4 is 34.7 Å². The summed E-state index contributed by atoms with van der Waals surface area (Å²) >= 11 is 0. The summed E-state index contributed by atoms with van der Waals surface area (Å²) in [5.41, 5.74) is 0.849. The normalized spacial score (nSPS) is 21.9. The zero-order valence-corrected chi connectivity index (χ0v) is 22.3. The zero-order valence-electron chi connectivity index (χ0n) is 22.3. The van der Waals surface area contributed by atoms with Gasteiger partial charge < -0.3 is 34.4 Å². The maximum absolute atomic E-state index is 13.3. The summed E-state index contributed by atoms with van der Waals surface area (Å²) in [6.45, 7) is 3.43. The summed E-state index contributed by atoms with van der Waals surface area (Å²) in [6, 6.07) is 11.7. The molecular weight excluding hydrogens is 516 g/mol. The Kier molecular flexibility index (Phi) is 6.34. The first kappa shape index (κ1) is 25.7. The number of oxime groups is 1. The van der Waals surface area contributed by atoms with E-state index in [4.69, 9.17) is 9.15 Å². The minimum absolute atomic E-state index is 0.127. The first-order valence-corrected chi connectivity index (χ1v) is 13.1. The van der Waals surface area contributed by atoms with E-state index in [9.17, 15) is 19.6 Å². The molecule has 4 heterocycles. The number of ether oxygens (including phenoxy) is 1. The molecule has 0 spiro atoms. The van der Waals surface area contributed by atoms with Gasteiger partial charge >= 0.3 is 6.03 Å². The average molecular weight is 547 g/mol. The second-order valence-corrected chi connectivity index (χ2v) is 10.4. The van der Waals surface area contributed by atoms with Crippen LogP contribution in [0, 0.1) is 0 Å². The number of carbonyl (C=O) groups excluding carboxylic acids is 3. The quantitative estimate of drug-likeness (QED) is 0.145. The van der Waals surface area contributed by atoms with Gasteiger partial charge in [0.2, 0.25) is 0 Å². The molecule has 1 aromatic heterocycles. The monoisotopic (exact) mass is 546 g/mol. The van der Waals surface area contributed by atoms with Gasteiger partial charge in [0.15, 0.2) is 11.4 Å². The lowest BCUT2D eigenvalue weighted by Gasteiger charge is -2.29. The molecule has 3 aliphatic heterocycles. The van der Waals surface area contributed by atoms with Crippen molar-refractivity contribution in [3.8, 4) is 5.75 Å². The number of benzene rings is 2. The number of methoxy groups -OCH3 is 1. The average Bonchev–Trinajstić information content (AvgIpc) is 3.54. The van der Waals surface area contributed by atoms with Crippen LogP contribution in [0.25, 0.3) is 11.0 Å². The number of rotatable bonds is 5. The molecule has 40 heavy (non-hydrogen) atoms. The number of amides is 4. The molecule has 3 N–H and O–H groups in total. The van der Waals surface area contributed by atoms with Crippen LogP contribution in [0.15, 0.2) is 52.0 Å². The third kappa shape index (κ3) is 4.30. The number of hydrogen-bond donors (Lipinski definition) is 3. The number of nitrogens with zero attached hydrogens (tertiary/aromatic N) is 4. The van der Waals surface area contributed by atoms with Gasteiger partial charge in [-0.2, -0.15) is 0 Å². The van der Waals surface area contributed by atoms with Gasteiger partial charge in [0.1, 0.15) is 17.1 Å². The second-order valence-electron chi connectivity index (χ2n) is 10.4. The Morgan fingerprint density at radius 2 is 1.95 bits per heavy atom. The number of nitrogens with one attached hydrogen (secondary N) is 2. The molecule has 0 saturated carbocycles. The number of carbonyl (C=O) groups is 3. The van der Waals surface area contributed by atoms with Crippen LogP contribution >= 0.6 is 0 Å². The van der Waals surface area contributed by atoms with Crippen LogP contribution in [-0.2, 0) is 16.9 Å². The molecule has 0 aliphatic carbocycles. The fourth-order valence-corrected chi connectivity index (χ4v) is 5.69. The van der Waals surface area contributed by atoms with E-state index in [2.05, 4.69) is 27.7 Å². The van der Waals surface area contributed by atoms with Gasteiger partial charge in [0.05, 0.1) is 13.7 Å². The highest BCUT2D eigenvalue weighted by Gasteiger charge is 2.53. The molecule has 0 bridgehead atoms. The highest BCUT2D eigenvalue weighted by molar-refractivity contribution is 6.08. The summed E-state index contributed by atoms with van der Waals surface area (Å²) in [5.74, 6) is 0.333. The Bertz CT molecular complexity index is 1550. The van der Waals surface area contributed by atoms with E-state index in [0.29, 0.717) is 33.7 Å². The summed E-state index contributed by atoms with van der Waals surface area (Å²) in [5, 5.41) is 19.2. The Hall–Kier alpha value is -4.58. The summed E-state index contributed by atoms with van der Waals surface area (Å²) < 4.78 is 11.4. The minimum atomic E-state index is -1.62. The molecule has 2 fully saturated rings. The van der Waals surface area contributed by atoms with E-state index in [1.807, 2.05) is 17.0 Å². The van der Waals surface area contributed by atoms with E-state index < -0.39 is 17.5 Å². The van der Waals surface area contributed by atoms with Crippen LogP contribution in [0.3, 0.4) is 0 Å². The molecule has 208 valence electrons. The van der Waals surface area contributed by atoms with Crippen molar-refractivity contribution in [2.45, 2.75) is 18.5 Å². The fourth-order valence-electron chi connectivity index (χ4n) is 5.69. The van der Waals surface area contributed by atoms with Crippen molar-refractivity contribution in [3.05, 3.63) is 64.9 Å². The molecule has 3 aromatic rings. The van der Waals surface area contributed by atoms with Crippen molar-refractivity contribution < 1.29 is 28.7 Å². The Labute approximate surface area is 230 Å². The number of fused-ring (bicyclic) bond motifs is 2. The molecule has 12 heteroatoms. The standard InChI is InChI=1S/C28H30N6O6/c1-32-8-3-9-33(11-10-32)24(31-38)17-5-7-22-19(12-17)13-23(40-22)28(26(36)29-27(37)30-28)16-34-15-18-4-6-20(39-2)14-21(18)25(34)35/h4-7,12-14,38H,3,8-11,15-16H2,1-2H3,(H2,29,30,36,37)/b31-24+/t28-/m0/s1. The number of hydrogen-bond acceptors (Lipinski definition) is 8. The third-order valence-electron chi connectivity index (χ3n) is 7.87. The van der Waals surface area contributed by atoms with Crippen LogP contribution < -0.4 is 15.4 Å². The number of amidine groups is 1. The highest BCUT2D eigenvalue weighted by atomic mass is 16.5. The van der Waals surface area contributed by atoms with Gasteiger partial charge in [-0.3, -0.25) is 14.9 Å². The Morgan fingerprint density at radius 1 is 1.10 bits per heavy atom. The first-order valence-electron chi connectivity index (χ1n) is 13.1. The van der Waals surface area contributed by atoms with Gasteiger partial charge in [0.25, 0.3) is 11.8 Å². The van der Waals surface area contributed by atoms with Crippen molar-refractivity contribution in [1.82, 2.24) is 25.3 Å². The molecule has 1 atom stereocenters. The van der Waals surface area contributed by atoms with E-state index in [1.54, 1.807) is 30.3 Å². The number of imide groups is 1. The number of likely N-dealkylation sites (N-methyl/N-ethyl adjacent to an activating group) is 1. The maximum atomic E-state index is 13.3. The van der Waals surface area contributed by atoms with E-state index >= 15 is 0 Å². The van der Waals surface area contributed by atoms with Crippen molar-refractivity contribution in [3.63, 3.8) is 0 Å². The molecule has 12 nitrogen and oxygen atoms in total. The third-order valence-corrected chi connectivity index (χ3v) is 7.87. The molecule has 0 radical (unpaired) electrons. The molecule has 2 saturated heterocycles. The Morgan fingerprint density at radius 3 is 2.70 bits per heavy atom. The lowest BCUT2D eigenvalue weighted by molar-refractivity contribution is -0.125. The molecule has 4 amide bonds. The predicted octanol–water partition coefficient (Wildman–Crippen LogP) is 1.91. The SMILES string of the molecule is COc1ccc2c(c1)C(=O)N(C[C@@]1(c3cc4cc(/C(=N\O)N5CCCN(C)CC5)ccc4o3)NC(=O)NC1=O)C2. The van der Waals surface area contributed by atoms with Crippen LogP contribution in [0.4, 0.5) is 4.79 Å². The maximum Gasteiger partial charge on any atom is 0.322 e. The zero-order chi connectivity index (χ0) is 28.0. The summed E-state index contributed by atoms with van der Waals surface area (Å²) in [6.07, 6.45) is 0.941. The van der Waals surface area contributed by atoms with Crippen LogP contribution in [0.5, 0.6) is 5.75 Å². The minimum Gasteiger partial charge on any atom is -0.497 e. The van der Waals surface area contributed by atoms with Gasteiger partial charge in [-0.25, -0.2) is 4.79 Å². The highest BCUT2D eigenvalue weighted by Crippen LogP contribution is 2.35. The lowest BCUT2D eigenvalue weighted by atomic mass is 9.95. The lowest BCUT2D eigenvalue weighted by Crippen LogP contribution is -2.52. The van der Waals surface area contributed by atoms with Gasteiger partial charge in [-0.05, 0) is 62.0 Å². The molecule has 0 unspecified atom stereocenters. The van der Waals surface area contributed by atoms with E-state index in [-0.39, 0.29) is 24.8 Å². The van der Waals surface area contributed by atoms with Gasteiger partial charge in [-0.15, -0.1) is 0 Å². The van der Waals surface area contributed by atoms with Crippen LogP contribution in [-0.4, -0.2) is 90.5 Å².